The van der Waals surface area contributed by atoms with Gasteiger partial charge in [0.15, 0.2) is 0 Å². The number of rotatable bonds is 11. The SMILES string of the molecule is CCN(CC)CCN(C)CCN(C)CCOC. The van der Waals surface area contributed by atoms with Gasteiger partial charge in [-0.05, 0) is 27.2 Å². The van der Waals surface area contributed by atoms with Crippen molar-refractivity contribution in [3.8, 4) is 0 Å². The van der Waals surface area contributed by atoms with Crippen LogP contribution >= 0.6 is 0 Å². The van der Waals surface area contributed by atoms with E-state index in [4.69, 9.17) is 4.74 Å². The lowest BCUT2D eigenvalue weighted by atomic mass is 10.4. The summed E-state index contributed by atoms with van der Waals surface area (Å²) in [5.41, 5.74) is 0. The summed E-state index contributed by atoms with van der Waals surface area (Å²) in [6.45, 7) is 13.1. The molecule has 0 rings (SSSR count). The van der Waals surface area contributed by atoms with E-state index in [9.17, 15) is 0 Å². The Morgan fingerprint density at radius 3 is 1.71 bits per heavy atom. The molecule has 0 aliphatic carbocycles. The summed E-state index contributed by atoms with van der Waals surface area (Å²) in [6.07, 6.45) is 0. The van der Waals surface area contributed by atoms with E-state index in [0.717, 1.165) is 45.9 Å². The molecule has 0 aromatic rings. The van der Waals surface area contributed by atoms with Crippen molar-refractivity contribution < 1.29 is 4.74 Å². The van der Waals surface area contributed by atoms with Crippen molar-refractivity contribution in [1.29, 1.82) is 0 Å². The van der Waals surface area contributed by atoms with Crippen LogP contribution in [0.1, 0.15) is 13.8 Å². The number of hydrogen-bond acceptors (Lipinski definition) is 4. The molecule has 0 saturated heterocycles. The average molecular weight is 245 g/mol. The number of hydrogen-bond donors (Lipinski definition) is 0. The van der Waals surface area contributed by atoms with Crippen LogP contribution in [0.3, 0.4) is 0 Å². The lowest BCUT2D eigenvalue weighted by molar-refractivity contribution is 0.152. The first-order valence-electron chi connectivity index (χ1n) is 6.72. The van der Waals surface area contributed by atoms with Crippen LogP contribution in [0.25, 0.3) is 0 Å². The van der Waals surface area contributed by atoms with Gasteiger partial charge in [-0.15, -0.1) is 0 Å². The topological polar surface area (TPSA) is 19.0 Å². The first-order chi connectivity index (χ1) is 8.13. The van der Waals surface area contributed by atoms with Crippen molar-refractivity contribution in [2.45, 2.75) is 13.8 Å². The molecule has 4 heteroatoms. The van der Waals surface area contributed by atoms with Gasteiger partial charge < -0.3 is 19.4 Å². The Bertz CT molecular complexity index is 163. The molecule has 0 unspecified atom stereocenters. The van der Waals surface area contributed by atoms with Gasteiger partial charge in [-0.2, -0.15) is 0 Å². The van der Waals surface area contributed by atoms with Crippen molar-refractivity contribution in [1.82, 2.24) is 14.7 Å². The van der Waals surface area contributed by atoms with Crippen molar-refractivity contribution in [3.63, 3.8) is 0 Å². The molecule has 0 atom stereocenters. The zero-order valence-corrected chi connectivity index (χ0v) is 12.4. The molecule has 0 aliphatic heterocycles. The van der Waals surface area contributed by atoms with Gasteiger partial charge in [-0.25, -0.2) is 0 Å². The van der Waals surface area contributed by atoms with Crippen molar-refractivity contribution in [2.24, 2.45) is 0 Å². The molecule has 104 valence electrons. The Kier molecular flexibility index (Phi) is 10.9. The second-order valence-electron chi connectivity index (χ2n) is 4.63. The molecule has 0 spiro atoms. The van der Waals surface area contributed by atoms with Crippen molar-refractivity contribution >= 4 is 0 Å². The van der Waals surface area contributed by atoms with Crippen LogP contribution in [0, 0.1) is 0 Å². The zero-order chi connectivity index (χ0) is 13.1. The highest BCUT2D eigenvalue weighted by molar-refractivity contribution is 4.60. The van der Waals surface area contributed by atoms with Crippen molar-refractivity contribution in [2.75, 3.05) is 73.6 Å². The van der Waals surface area contributed by atoms with Gasteiger partial charge in [-0.1, -0.05) is 13.8 Å². The minimum atomic E-state index is 0.819. The lowest BCUT2D eigenvalue weighted by Gasteiger charge is -2.25. The third-order valence-electron chi connectivity index (χ3n) is 3.23. The predicted octanol–water partition coefficient (Wildman–Crippen LogP) is 0.838. The fraction of sp³-hybridized carbons (Fsp3) is 1.00. The minimum absolute atomic E-state index is 0.819. The molecule has 0 aromatic carbocycles. The van der Waals surface area contributed by atoms with E-state index in [1.807, 2.05) is 0 Å². The molecule has 0 aromatic heterocycles. The molecule has 0 fully saturated rings. The van der Waals surface area contributed by atoms with Crippen LogP contribution in [0.2, 0.25) is 0 Å². The van der Waals surface area contributed by atoms with E-state index in [1.165, 1.54) is 6.54 Å². The molecular formula is C13H31N3O. The van der Waals surface area contributed by atoms with Crippen LogP contribution in [-0.4, -0.2) is 88.3 Å². The van der Waals surface area contributed by atoms with Gasteiger partial charge in [0.05, 0.1) is 6.61 Å². The van der Waals surface area contributed by atoms with Gasteiger partial charge in [0.2, 0.25) is 0 Å². The summed E-state index contributed by atoms with van der Waals surface area (Å²) in [6, 6.07) is 0. The van der Waals surface area contributed by atoms with Crippen LogP contribution in [0.15, 0.2) is 0 Å². The Morgan fingerprint density at radius 1 is 0.765 bits per heavy atom. The Balaban J connectivity index is 3.54. The summed E-state index contributed by atoms with van der Waals surface area (Å²) in [7, 11) is 6.11. The Morgan fingerprint density at radius 2 is 1.24 bits per heavy atom. The molecule has 0 heterocycles. The van der Waals surface area contributed by atoms with E-state index in [1.54, 1.807) is 7.11 Å². The molecule has 17 heavy (non-hydrogen) atoms. The average Bonchev–Trinajstić information content (AvgIpc) is 2.35. The fourth-order valence-corrected chi connectivity index (χ4v) is 1.66. The second kappa shape index (κ2) is 11.0. The maximum absolute atomic E-state index is 5.07. The lowest BCUT2D eigenvalue weighted by Crippen LogP contribution is -2.37. The van der Waals surface area contributed by atoms with Gasteiger partial charge in [0, 0.05) is 39.8 Å². The van der Waals surface area contributed by atoms with Gasteiger partial charge in [-0.3, -0.25) is 0 Å². The van der Waals surface area contributed by atoms with E-state index in [-0.39, 0.29) is 0 Å². The summed E-state index contributed by atoms with van der Waals surface area (Å²) in [5.74, 6) is 0. The van der Waals surface area contributed by atoms with Gasteiger partial charge in [0.1, 0.15) is 0 Å². The molecule has 0 bridgehead atoms. The largest absolute Gasteiger partial charge is 0.383 e. The quantitative estimate of drug-likeness (QED) is 0.537. The van der Waals surface area contributed by atoms with E-state index < -0.39 is 0 Å². The fourth-order valence-electron chi connectivity index (χ4n) is 1.66. The van der Waals surface area contributed by atoms with Gasteiger partial charge in [0.25, 0.3) is 0 Å². The normalized spacial score (nSPS) is 12.0. The molecule has 0 aliphatic rings. The number of nitrogens with zero attached hydrogens (tertiary/aromatic N) is 3. The van der Waals surface area contributed by atoms with E-state index in [2.05, 4.69) is 42.6 Å². The Labute approximate surface area is 108 Å². The highest BCUT2D eigenvalue weighted by atomic mass is 16.5. The van der Waals surface area contributed by atoms with E-state index in [0.29, 0.717) is 0 Å². The first kappa shape index (κ1) is 16.8. The third-order valence-corrected chi connectivity index (χ3v) is 3.23. The minimum Gasteiger partial charge on any atom is -0.383 e. The highest BCUT2D eigenvalue weighted by Gasteiger charge is 2.04. The highest BCUT2D eigenvalue weighted by Crippen LogP contribution is 1.91. The van der Waals surface area contributed by atoms with Crippen LogP contribution < -0.4 is 0 Å². The predicted molar refractivity (Wildman–Crippen MR) is 74.7 cm³/mol. The van der Waals surface area contributed by atoms with Crippen LogP contribution in [-0.2, 0) is 4.74 Å². The molecule has 0 radical (unpaired) electrons. The standard InChI is InChI=1S/C13H31N3O/c1-6-16(7-2)11-10-14(3)8-9-15(4)12-13-17-5/h6-13H2,1-5H3. The zero-order valence-electron chi connectivity index (χ0n) is 12.4. The molecular weight excluding hydrogens is 214 g/mol. The Hall–Kier alpha value is -0.160. The van der Waals surface area contributed by atoms with Crippen LogP contribution in [0.5, 0.6) is 0 Å². The molecule has 4 nitrogen and oxygen atoms in total. The number of ether oxygens (including phenoxy) is 1. The summed E-state index contributed by atoms with van der Waals surface area (Å²) in [5, 5.41) is 0. The first-order valence-corrected chi connectivity index (χ1v) is 6.72. The third kappa shape index (κ3) is 9.53. The molecule has 0 saturated carbocycles. The monoisotopic (exact) mass is 245 g/mol. The number of likely N-dealkylation sites (N-methyl/N-ethyl adjacent to an activating group) is 3. The molecule has 0 N–H and O–H groups in total. The second-order valence-corrected chi connectivity index (χ2v) is 4.63. The smallest absolute Gasteiger partial charge is 0.0589 e. The van der Waals surface area contributed by atoms with E-state index >= 15 is 0 Å². The molecule has 0 amide bonds. The summed E-state index contributed by atoms with van der Waals surface area (Å²) < 4.78 is 5.07. The summed E-state index contributed by atoms with van der Waals surface area (Å²) in [4.78, 5) is 7.18. The number of methoxy groups -OCH3 is 1. The van der Waals surface area contributed by atoms with Gasteiger partial charge >= 0.3 is 0 Å². The maximum Gasteiger partial charge on any atom is 0.0589 e. The summed E-state index contributed by atoms with van der Waals surface area (Å²) >= 11 is 0. The van der Waals surface area contributed by atoms with Crippen LogP contribution in [0.4, 0.5) is 0 Å². The van der Waals surface area contributed by atoms with Crippen molar-refractivity contribution in [3.05, 3.63) is 0 Å². The maximum atomic E-state index is 5.07.